The molecule has 3 N–H and O–H groups in total. The van der Waals surface area contributed by atoms with Crippen LogP contribution < -0.4 is 5.32 Å². The standard InChI is InChI=1S/C7H11N3O2S/c11-4-5(12)1-8-7-9-2-6(13)3-10-7/h2-3,5,11-13H,1,4H2,(H,8,9,10). The fraction of sp³-hybridized carbons (Fsp3) is 0.429. The van der Waals surface area contributed by atoms with Crippen LogP contribution in [0.1, 0.15) is 0 Å². The molecule has 0 spiro atoms. The first kappa shape index (κ1) is 10.2. The molecule has 1 aromatic heterocycles. The van der Waals surface area contributed by atoms with Gasteiger partial charge in [0.05, 0.1) is 12.7 Å². The number of nitrogens with one attached hydrogen (secondary N) is 1. The van der Waals surface area contributed by atoms with Gasteiger partial charge in [0.15, 0.2) is 0 Å². The molecule has 0 aliphatic heterocycles. The third kappa shape index (κ3) is 3.58. The van der Waals surface area contributed by atoms with E-state index in [0.717, 1.165) is 0 Å². The van der Waals surface area contributed by atoms with Crippen LogP contribution in [-0.2, 0) is 0 Å². The number of aliphatic hydroxyl groups is 2. The summed E-state index contributed by atoms with van der Waals surface area (Å²) in [6.45, 7) is -0.0555. The fourth-order valence-electron chi connectivity index (χ4n) is 0.686. The van der Waals surface area contributed by atoms with Gasteiger partial charge in [0, 0.05) is 23.8 Å². The lowest BCUT2D eigenvalue weighted by molar-refractivity contribution is 0.105. The molecule has 0 saturated heterocycles. The van der Waals surface area contributed by atoms with Crippen LogP contribution >= 0.6 is 12.6 Å². The van der Waals surface area contributed by atoms with Gasteiger partial charge in [-0.1, -0.05) is 0 Å². The second-order valence-electron chi connectivity index (χ2n) is 2.48. The maximum atomic E-state index is 8.99. The summed E-state index contributed by atoms with van der Waals surface area (Å²) in [5.41, 5.74) is 0. The molecule has 1 aromatic rings. The quantitative estimate of drug-likeness (QED) is 0.495. The summed E-state index contributed by atoms with van der Waals surface area (Å²) in [6.07, 6.45) is 2.30. The van der Waals surface area contributed by atoms with Crippen molar-refractivity contribution in [3.05, 3.63) is 12.4 Å². The Labute approximate surface area is 81.3 Å². The van der Waals surface area contributed by atoms with Gasteiger partial charge in [-0.05, 0) is 0 Å². The molecular weight excluding hydrogens is 190 g/mol. The maximum Gasteiger partial charge on any atom is 0.222 e. The van der Waals surface area contributed by atoms with Gasteiger partial charge in [0.1, 0.15) is 0 Å². The van der Waals surface area contributed by atoms with E-state index in [-0.39, 0.29) is 13.2 Å². The number of aromatic nitrogens is 2. The van der Waals surface area contributed by atoms with Crippen molar-refractivity contribution in [1.82, 2.24) is 9.97 Å². The molecule has 72 valence electrons. The average molecular weight is 201 g/mol. The van der Waals surface area contributed by atoms with Crippen LogP contribution in [-0.4, -0.2) is 39.4 Å². The third-order valence-electron chi connectivity index (χ3n) is 1.34. The third-order valence-corrected chi connectivity index (χ3v) is 1.58. The minimum atomic E-state index is -0.792. The lowest BCUT2D eigenvalue weighted by atomic mass is 10.4. The van der Waals surface area contributed by atoms with Gasteiger partial charge in [0.2, 0.25) is 5.95 Å². The molecule has 1 rings (SSSR count). The highest BCUT2D eigenvalue weighted by Crippen LogP contribution is 2.03. The van der Waals surface area contributed by atoms with Gasteiger partial charge in [-0.15, -0.1) is 12.6 Å². The lowest BCUT2D eigenvalue weighted by Crippen LogP contribution is -2.23. The Kier molecular flexibility index (Phi) is 3.94. The van der Waals surface area contributed by atoms with Crippen molar-refractivity contribution in [3.8, 4) is 0 Å². The maximum absolute atomic E-state index is 8.99. The average Bonchev–Trinajstić information content (AvgIpc) is 2.16. The zero-order valence-corrected chi connectivity index (χ0v) is 7.78. The summed E-state index contributed by atoms with van der Waals surface area (Å²) in [5, 5.41) is 20.3. The molecule has 5 nitrogen and oxygen atoms in total. The van der Waals surface area contributed by atoms with Crippen molar-refractivity contribution in [2.24, 2.45) is 0 Å². The first-order valence-corrected chi connectivity index (χ1v) is 4.21. The molecule has 0 aromatic carbocycles. The van der Waals surface area contributed by atoms with E-state index in [0.29, 0.717) is 10.8 Å². The SMILES string of the molecule is OCC(O)CNc1ncc(S)cn1. The van der Waals surface area contributed by atoms with Crippen LogP contribution in [0.3, 0.4) is 0 Å². The summed E-state index contributed by atoms with van der Waals surface area (Å²) in [7, 11) is 0. The summed E-state index contributed by atoms with van der Waals surface area (Å²) < 4.78 is 0. The number of hydrogen-bond donors (Lipinski definition) is 4. The Morgan fingerprint density at radius 1 is 1.46 bits per heavy atom. The van der Waals surface area contributed by atoms with Crippen LogP contribution in [0.25, 0.3) is 0 Å². The Morgan fingerprint density at radius 3 is 2.62 bits per heavy atom. The summed E-state index contributed by atoms with van der Waals surface area (Å²) in [4.78, 5) is 8.46. The second kappa shape index (κ2) is 5.00. The van der Waals surface area contributed by atoms with Gasteiger partial charge < -0.3 is 15.5 Å². The van der Waals surface area contributed by atoms with E-state index in [4.69, 9.17) is 10.2 Å². The van der Waals surface area contributed by atoms with Crippen molar-refractivity contribution in [1.29, 1.82) is 0 Å². The van der Waals surface area contributed by atoms with Crippen LogP contribution in [0, 0.1) is 0 Å². The molecule has 0 saturated carbocycles. The Bertz CT molecular complexity index is 254. The van der Waals surface area contributed by atoms with Crippen LogP contribution in [0.5, 0.6) is 0 Å². The molecule has 1 atom stereocenters. The van der Waals surface area contributed by atoms with Crippen molar-refractivity contribution < 1.29 is 10.2 Å². The van der Waals surface area contributed by atoms with E-state index in [9.17, 15) is 0 Å². The van der Waals surface area contributed by atoms with E-state index in [2.05, 4.69) is 27.9 Å². The largest absolute Gasteiger partial charge is 0.394 e. The number of hydrogen-bond acceptors (Lipinski definition) is 6. The number of rotatable bonds is 4. The molecule has 0 aliphatic carbocycles. The predicted molar refractivity (Wildman–Crippen MR) is 50.9 cm³/mol. The highest BCUT2D eigenvalue weighted by Gasteiger charge is 2.01. The van der Waals surface area contributed by atoms with Gasteiger partial charge in [-0.3, -0.25) is 0 Å². The number of nitrogens with zero attached hydrogens (tertiary/aromatic N) is 2. The first-order valence-electron chi connectivity index (χ1n) is 3.76. The molecular formula is C7H11N3O2S. The van der Waals surface area contributed by atoms with E-state index < -0.39 is 6.10 Å². The summed E-state index contributed by atoms with van der Waals surface area (Å²) >= 11 is 4.02. The van der Waals surface area contributed by atoms with Crippen LogP contribution in [0.15, 0.2) is 17.3 Å². The van der Waals surface area contributed by atoms with Gasteiger partial charge in [0.25, 0.3) is 0 Å². The molecule has 13 heavy (non-hydrogen) atoms. The molecule has 0 bridgehead atoms. The molecule has 1 heterocycles. The van der Waals surface area contributed by atoms with Crippen molar-refractivity contribution in [2.75, 3.05) is 18.5 Å². The predicted octanol–water partition coefficient (Wildman–Crippen LogP) is -0.470. The minimum Gasteiger partial charge on any atom is -0.394 e. The summed E-state index contributed by atoms with van der Waals surface area (Å²) in [6, 6.07) is 0. The second-order valence-corrected chi connectivity index (χ2v) is 3.00. The highest BCUT2D eigenvalue weighted by atomic mass is 32.1. The van der Waals surface area contributed by atoms with Gasteiger partial charge >= 0.3 is 0 Å². The fourth-order valence-corrected chi connectivity index (χ4v) is 0.802. The number of aliphatic hydroxyl groups excluding tert-OH is 2. The zero-order valence-electron chi connectivity index (χ0n) is 6.88. The van der Waals surface area contributed by atoms with Gasteiger partial charge in [-0.2, -0.15) is 0 Å². The smallest absolute Gasteiger partial charge is 0.222 e. The molecule has 0 fully saturated rings. The highest BCUT2D eigenvalue weighted by molar-refractivity contribution is 7.80. The summed E-state index contributed by atoms with van der Waals surface area (Å²) in [5.74, 6) is 0.408. The van der Waals surface area contributed by atoms with E-state index >= 15 is 0 Å². The van der Waals surface area contributed by atoms with Gasteiger partial charge in [-0.25, -0.2) is 9.97 Å². The van der Waals surface area contributed by atoms with Crippen LogP contribution in [0.2, 0.25) is 0 Å². The minimum absolute atomic E-state index is 0.225. The zero-order chi connectivity index (χ0) is 9.68. The van der Waals surface area contributed by atoms with E-state index in [1.165, 1.54) is 0 Å². The number of thiol groups is 1. The van der Waals surface area contributed by atoms with E-state index in [1.807, 2.05) is 0 Å². The first-order chi connectivity index (χ1) is 6.22. The van der Waals surface area contributed by atoms with E-state index in [1.54, 1.807) is 12.4 Å². The Balaban J connectivity index is 2.41. The Hall–Kier alpha value is -0.850. The lowest BCUT2D eigenvalue weighted by Gasteiger charge is -2.07. The molecule has 0 radical (unpaired) electrons. The van der Waals surface area contributed by atoms with Crippen LogP contribution in [0.4, 0.5) is 5.95 Å². The molecule has 0 amide bonds. The molecule has 0 aliphatic rings. The molecule has 6 heteroatoms. The van der Waals surface area contributed by atoms with Crippen molar-refractivity contribution in [3.63, 3.8) is 0 Å². The topological polar surface area (TPSA) is 78.3 Å². The number of anilines is 1. The monoisotopic (exact) mass is 201 g/mol. The Morgan fingerprint density at radius 2 is 2.08 bits per heavy atom. The van der Waals surface area contributed by atoms with Crippen molar-refractivity contribution in [2.45, 2.75) is 11.0 Å². The molecule has 1 unspecified atom stereocenters. The van der Waals surface area contributed by atoms with Crippen molar-refractivity contribution >= 4 is 18.6 Å². The normalized spacial score (nSPS) is 12.5.